The van der Waals surface area contributed by atoms with Gasteiger partial charge in [-0.1, -0.05) is 32.0 Å². The van der Waals surface area contributed by atoms with E-state index in [1.165, 1.54) is 0 Å². The summed E-state index contributed by atoms with van der Waals surface area (Å²) < 4.78 is 11.0. The molecule has 1 fully saturated rings. The molecule has 7 nitrogen and oxygen atoms in total. The molecule has 0 saturated carbocycles. The first-order valence-corrected chi connectivity index (χ1v) is 9.85. The molecule has 1 aromatic carbocycles. The van der Waals surface area contributed by atoms with Crippen LogP contribution in [-0.4, -0.2) is 46.7 Å². The molecule has 0 radical (unpaired) electrons. The summed E-state index contributed by atoms with van der Waals surface area (Å²) in [7, 11) is 0. The molecule has 2 aromatic rings. The van der Waals surface area contributed by atoms with Crippen molar-refractivity contribution >= 4 is 5.91 Å². The summed E-state index contributed by atoms with van der Waals surface area (Å²) in [5.41, 5.74) is 0.873. The van der Waals surface area contributed by atoms with E-state index in [0.29, 0.717) is 22.7 Å². The predicted molar refractivity (Wildman–Crippen MR) is 106 cm³/mol. The number of aryl methyl sites for hydroxylation is 1. The third-order valence-electron chi connectivity index (χ3n) is 4.61. The number of rotatable bonds is 6. The highest BCUT2D eigenvalue weighted by atomic mass is 16.5. The molecule has 1 aliphatic rings. The lowest BCUT2D eigenvalue weighted by Crippen LogP contribution is -2.42. The van der Waals surface area contributed by atoms with Crippen molar-refractivity contribution in [3.05, 3.63) is 41.5 Å². The van der Waals surface area contributed by atoms with Crippen LogP contribution in [0.2, 0.25) is 0 Å². The number of nitrogens with one attached hydrogen (secondary N) is 1. The molecule has 1 N–H and O–H groups in total. The summed E-state index contributed by atoms with van der Waals surface area (Å²) in [5, 5.41) is 6.58. The molecule has 2 heterocycles. The molecule has 1 aromatic heterocycles. The molecule has 0 unspecified atom stereocenters. The monoisotopic (exact) mass is 386 g/mol. The lowest BCUT2D eigenvalue weighted by molar-refractivity contribution is 0.0808. The molecule has 7 heteroatoms. The Morgan fingerprint density at radius 1 is 1.32 bits per heavy atom. The lowest BCUT2D eigenvalue weighted by Gasteiger charge is -2.36. The van der Waals surface area contributed by atoms with Crippen LogP contribution in [0.15, 0.2) is 28.8 Å². The second-order valence-electron chi connectivity index (χ2n) is 8.59. The van der Waals surface area contributed by atoms with Gasteiger partial charge in [-0.3, -0.25) is 4.79 Å². The SMILES string of the molecule is Cc1nc(CNC(=O)c2cccc(OC3CCN(CC(C)(C)C)CC3)c2)no1. The standard InChI is InChI=1S/C21H30N4O3/c1-15-23-19(24-28-15)13-22-20(26)16-6-5-7-18(12-16)27-17-8-10-25(11-9-17)14-21(2,3)4/h5-7,12,17H,8-11,13-14H2,1-4H3,(H,22,26). The zero-order valence-electron chi connectivity index (χ0n) is 17.2. The lowest BCUT2D eigenvalue weighted by atomic mass is 9.94. The van der Waals surface area contributed by atoms with Crippen molar-refractivity contribution in [1.82, 2.24) is 20.4 Å². The van der Waals surface area contributed by atoms with Gasteiger partial charge in [-0.2, -0.15) is 4.98 Å². The summed E-state index contributed by atoms with van der Waals surface area (Å²) in [5.74, 6) is 1.48. The molecule has 152 valence electrons. The largest absolute Gasteiger partial charge is 0.490 e. The number of aromatic nitrogens is 2. The summed E-state index contributed by atoms with van der Waals surface area (Å²) in [6.45, 7) is 12.0. The number of ether oxygens (including phenoxy) is 1. The second kappa shape index (κ2) is 8.73. The Balaban J connectivity index is 1.50. The maximum Gasteiger partial charge on any atom is 0.251 e. The van der Waals surface area contributed by atoms with E-state index in [9.17, 15) is 4.79 Å². The van der Waals surface area contributed by atoms with Crippen molar-refractivity contribution in [3.8, 4) is 5.75 Å². The maximum absolute atomic E-state index is 12.4. The van der Waals surface area contributed by atoms with Gasteiger partial charge < -0.3 is 19.5 Å². The minimum atomic E-state index is -0.187. The fourth-order valence-corrected chi connectivity index (χ4v) is 3.43. The minimum absolute atomic E-state index is 0.187. The van der Waals surface area contributed by atoms with Crippen LogP contribution in [-0.2, 0) is 6.54 Å². The van der Waals surface area contributed by atoms with Gasteiger partial charge in [0.2, 0.25) is 5.89 Å². The average molecular weight is 386 g/mol. The Hall–Kier alpha value is -2.41. The van der Waals surface area contributed by atoms with Crippen molar-refractivity contribution in [2.24, 2.45) is 5.41 Å². The highest BCUT2D eigenvalue weighted by Gasteiger charge is 2.24. The first-order chi connectivity index (χ1) is 13.3. The molecule has 0 spiro atoms. The first-order valence-electron chi connectivity index (χ1n) is 9.85. The van der Waals surface area contributed by atoms with E-state index >= 15 is 0 Å². The molecule has 28 heavy (non-hydrogen) atoms. The van der Waals surface area contributed by atoms with Crippen molar-refractivity contribution in [2.45, 2.75) is 53.2 Å². The van der Waals surface area contributed by atoms with Crippen molar-refractivity contribution in [3.63, 3.8) is 0 Å². The number of amides is 1. The van der Waals surface area contributed by atoms with Gasteiger partial charge >= 0.3 is 0 Å². The zero-order valence-corrected chi connectivity index (χ0v) is 17.2. The number of benzene rings is 1. The Labute approximate surface area is 166 Å². The van der Waals surface area contributed by atoms with Crippen LogP contribution in [0.4, 0.5) is 0 Å². The van der Waals surface area contributed by atoms with Gasteiger partial charge in [0.15, 0.2) is 5.82 Å². The Morgan fingerprint density at radius 2 is 2.07 bits per heavy atom. The molecule has 1 aliphatic heterocycles. The van der Waals surface area contributed by atoms with Crippen LogP contribution >= 0.6 is 0 Å². The maximum atomic E-state index is 12.4. The highest BCUT2D eigenvalue weighted by molar-refractivity contribution is 5.94. The third-order valence-corrected chi connectivity index (χ3v) is 4.61. The average Bonchev–Trinajstić information content (AvgIpc) is 3.06. The van der Waals surface area contributed by atoms with Crippen LogP contribution in [0.3, 0.4) is 0 Å². The molecule has 0 aliphatic carbocycles. The molecule has 0 bridgehead atoms. The summed E-state index contributed by atoms with van der Waals surface area (Å²) in [6.07, 6.45) is 2.20. The Kier molecular flexibility index (Phi) is 6.34. The van der Waals surface area contributed by atoms with Crippen LogP contribution in [0.1, 0.15) is 55.7 Å². The fourth-order valence-electron chi connectivity index (χ4n) is 3.43. The Morgan fingerprint density at radius 3 is 2.71 bits per heavy atom. The summed E-state index contributed by atoms with van der Waals surface area (Å²) in [4.78, 5) is 19.0. The number of nitrogens with zero attached hydrogens (tertiary/aromatic N) is 3. The highest BCUT2D eigenvalue weighted by Crippen LogP contribution is 2.23. The second-order valence-corrected chi connectivity index (χ2v) is 8.59. The van der Waals surface area contributed by atoms with Crippen molar-refractivity contribution in [2.75, 3.05) is 19.6 Å². The van der Waals surface area contributed by atoms with Gasteiger partial charge in [-0.15, -0.1) is 0 Å². The van der Waals surface area contributed by atoms with E-state index in [0.717, 1.165) is 38.2 Å². The topological polar surface area (TPSA) is 80.5 Å². The Bertz CT molecular complexity index is 789. The zero-order chi connectivity index (χ0) is 20.1. The van der Waals surface area contributed by atoms with E-state index in [2.05, 4.69) is 41.1 Å². The summed E-state index contributed by atoms with van der Waals surface area (Å²) in [6, 6.07) is 7.31. The fraction of sp³-hybridized carbons (Fsp3) is 0.571. The minimum Gasteiger partial charge on any atom is -0.490 e. The molecule has 3 rings (SSSR count). The number of hydrogen-bond donors (Lipinski definition) is 1. The van der Waals surface area contributed by atoms with E-state index < -0.39 is 0 Å². The van der Waals surface area contributed by atoms with Crippen LogP contribution in [0.5, 0.6) is 5.75 Å². The van der Waals surface area contributed by atoms with Gasteiger partial charge in [0.05, 0.1) is 6.54 Å². The van der Waals surface area contributed by atoms with E-state index in [-0.39, 0.29) is 18.6 Å². The predicted octanol–water partition coefficient (Wildman–Crippen LogP) is 3.20. The smallest absolute Gasteiger partial charge is 0.251 e. The normalized spacial score (nSPS) is 16.1. The quantitative estimate of drug-likeness (QED) is 0.821. The molecular weight excluding hydrogens is 356 g/mol. The number of hydrogen-bond acceptors (Lipinski definition) is 6. The molecule has 1 saturated heterocycles. The van der Waals surface area contributed by atoms with Crippen molar-refractivity contribution < 1.29 is 14.1 Å². The van der Waals surface area contributed by atoms with Gasteiger partial charge in [0, 0.05) is 32.1 Å². The van der Waals surface area contributed by atoms with Crippen molar-refractivity contribution in [1.29, 1.82) is 0 Å². The number of piperidine rings is 1. The van der Waals surface area contributed by atoms with E-state index in [4.69, 9.17) is 9.26 Å². The van der Waals surface area contributed by atoms with Crippen LogP contribution in [0.25, 0.3) is 0 Å². The van der Waals surface area contributed by atoms with E-state index in [1.54, 1.807) is 19.1 Å². The van der Waals surface area contributed by atoms with Gasteiger partial charge in [0.25, 0.3) is 5.91 Å². The number of likely N-dealkylation sites (tertiary alicyclic amines) is 1. The molecule has 1 amide bonds. The first kappa shape index (κ1) is 20.3. The van der Waals surface area contributed by atoms with Gasteiger partial charge in [-0.05, 0) is 36.5 Å². The van der Waals surface area contributed by atoms with Crippen LogP contribution < -0.4 is 10.1 Å². The molecular formula is C21H30N4O3. The summed E-state index contributed by atoms with van der Waals surface area (Å²) >= 11 is 0. The molecule has 0 atom stereocenters. The van der Waals surface area contributed by atoms with Gasteiger partial charge in [-0.25, -0.2) is 0 Å². The van der Waals surface area contributed by atoms with Crippen LogP contribution in [0, 0.1) is 12.3 Å². The van der Waals surface area contributed by atoms with Gasteiger partial charge in [0.1, 0.15) is 11.9 Å². The van der Waals surface area contributed by atoms with E-state index in [1.807, 2.05) is 12.1 Å². The number of carbonyl (C=O) groups is 1. The number of carbonyl (C=O) groups excluding carboxylic acids is 1. The third kappa shape index (κ3) is 6.05.